The second-order valence-corrected chi connectivity index (χ2v) is 15.6. The van der Waals surface area contributed by atoms with Crippen molar-refractivity contribution in [3.05, 3.63) is 68.5 Å². The molecule has 53 heavy (non-hydrogen) atoms. The molecule has 4 aromatic rings. The number of fused-ring (bicyclic) bond motifs is 1. The fourth-order valence-corrected chi connectivity index (χ4v) is 9.31. The van der Waals surface area contributed by atoms with Crippen molar-refractivity contribution in [3.63, 3.8) is 0 Å². The highest BCUT2D eigenvalue weighted by Gasteiger charge is 2.54. The zero-order valence-electron chi connectivity index (χ0n) is 28.2. The lowest BCUT2D eigenvalue weighted by Crippen LogP contribution is -2.71. The first kappa shape index (κ1) is 37.8. The van der Waals surface area contributed by atoms with Gasteiger partial charge in [-0.25, -0.2) is 28.9 Å². The first-order valence-corrected chi connectivity index (χ1v) is 19.4. The molecule has 2 unspecified atom stereocenters. The van der Waals surface area contributed by atoms with E-state index in [9.17, 15) is 34.7 Å². The highest BCUT2D eigenvalue weighted by atomic mass is 32.2. The number of β-lactam (4-membered cyclic amide) rings is 1. The lowest BCUT2D eigenvalue weighted by atomic mass is 10.0. The van der Waals surface area contributed by atoms with Gasteiger partial charge in [0.05, 0.1) is 12.1 Å². The Morgan fingerprint density at radius 2 is 2.08 bits per heavy atom. The zero-order chi connectivity index (χ0) is 37.8. The van der Waals surface area contributed by atoms with Crippen molar-refractivity contribution in [3.8, 4) is 11.3 Å². The normalized spacial score (nSPS) is 17.6. The summed E-state index contributed by atoms with van der Waals surface area (Å²) >= 11 is 4.88. The maximum absolute atomic E-state index is 13.4. The molecule has 1 saturated heterocycles. The van der Waals surface area contributed by atoms with Gasteiger partial charge >= 0.3 is 11.8 Å². The molecule has 6 rings (SSSR count). The van der Waals surface area contributed by atoms with Gasteiger partial charge in [-0.2, -0.15) is 4.37 Å². The summed E-state index contributed by atoms with van der Waals surface area (Å²) in [5.74, 6) is -1.90. The molecule has 0 spiro atoms. The molecule has 278 valence electrons. The Labute approximate surface area is 317 Å². The maximum Gasteiger partial charge on any atom is 0.353 e. The molecule has 23 heteroatoms. The second kappa shape index (κ2) is 16.4. The number of oxime groups is 1. The highest BCUT2D eigenvalue weighted by Crippen LogP contribution is 2.46. The molecule has 0 bridgehead atoms. The molecule has 2 aliphatic heterocycles. The van der Waals surface area contributed by atoms with Crippen LogP contribution in [0.3, 0.4) is 0 Å². The molecule has 2 aliphatic rings. The fourth-order valence-electron chi connectivity index (χ4n) is 5.26. The van der Waals surface area contributed by atoms with E-state index in [1.54, 1.807) is 13.8 Å². The number of aromatic nitrogens is 6. The number of amides is 2. The number of hydrogen-bond acceptors (Lipinski definition) is 17. The van der Waals surface area contributed by atoms with Gasteiger partial charge in [0.25, 0.3) is 11.8 Å². The molecule has 0 aliphatic carbocycles. The van der Waals surface area contributed by atoms with Crippen LogP contribution in [0.5, 0.6) is 0 Å². The smallest absolute Gasteiger partial charge is 0.353 e. The average Bonchev–Trinajstić information content (AvgIpc) is 3.88. The van der Waals surface area contributed by atoms with Gasteiger partial charge in [0.2, 0.25) is 5.13 Å². The Bertz CT molecular complexity index is 2100. The highest BCUT2D eigenvalue weighted by molar-refractivity contribution is 8.07. The molecule has 4 N–H and O–H groups in total. The number of thiazole rings is 1. The van der Waals surface area contributed by atoms with Crippen LogP contribution in [0.1, 0.15) is 18.6 Å². The van der Waals surface area contributed by atoms with Crippen molar-refractivity contribution >= 4 is 80.8 Å². The predicted octanol–water partition coefficient (Wildman–Crippen LogP) is 1.80. The quantitative estimate of drug-likeness (QED) is 0.0415. The fraction of sp³-hybridized carbons (Fsp3) is 0.367. The van der Waals surface area contributed by atoms with E-state index >= 15 is 0 Å². The molecule has 2 amide bonds. The van der Waals surface area contributed by atoms with Crippen LogP contribution in [-0.2, 0) is 39.2 Å². The number of aliphatic hydroxyl groups excluding tert-OH is 1. The Morgan fingerprint density at radius 3 is 2.79 bits per heavy atom. The Hall–Kier alpha value is -4.97. The average molecular weight is 803 g/mol. The lowest BCUT2D eigenvalue weighted by molar-refractivity contribution is -0.671. The monoisotopic (exact) mass is 802 g/mol. The van der Waals surface area contributed by atoms with Crippen LogP contribution in [0, 0.1) is 17.0 Å². The second-order valence-electron chi connectivity index (χ2n) is 11.5. The molecule has 19 nitrogen and oxygen atoms in total. The number of nitrogens with one attached hydrogen (secondary N) is 2. The summed E-state index contributed by atoms with van der Waals surface area (Å²) in [5, 5.41) is 43.0. The molecular formula is C30H32N11O8S4+. The molecule has 0 radical (unpaired) electrons. The van der Waals surface area contributed by atoms with E-state index in [-0.39, 0.29) is 54.9 Å². The van der Waals surface area contributed by atoms with Gasteiger partial charge in [0.1, 0.15) is 49.6 Å². The SMILES string of the molecule is CCO/N=C(/Cc1nsc(NCC(O)Cn2c([N+](=O)[O-])cnc2C)n1)C(=O)N[C@H]1C(=O)N2C(C(=O)O)=C(Sc3nc(-c4cc[n+](C)cc4)cs3)CSC12. The first-order chi connectivity index (χ1) is 25.4. The molecular weight excluding hydrogens is 771 g/mol. The van der Waals surface area contributed by atoms with E-state index in [4.69, 9.17) is 4.84 Å². The van der Waals surface area contributed by atoms with Gasteiger partial charge in [-0.15, -0.1) is 23.1 Å². The number of nitro groups is 1. The van der Waals surface area contributed by atoms with Gasteiger partial charge < -0.3 is 35.8 Å². The van der Waals surface area contributed by atoms with E-state index in [0.717, 1.165) is 29.0 Å². The van der Waals surface area contributed by atoms with E-state index in [1.165, 1.54) is 44.3 Å². The van der Waals surface area contributed by atoms with Crippen LogP contribution in [0.15, 0.2) is 56.2 Å². The summed E-state index contributed by atoms with van der Waals surface area (Å²) in [6, 6.07) is 2.86. The number of rotatable bonds is 16. The van der Waals surface area contributed by atoms with Gasteiger partial charge in [-0.05, 0) is 11.8 Å². The number of nitrogens with zero attached hydrogens (tertiary/aromatic N) is 9. The largest absolute Gasteiger partial charge is 0.477 e. The lowest BCUT2D eigenvalue weighted by Gasteiger charge is -2.49. The molecule has 0 aromatic carbocycles. The van der Waals surface area contributed by atoms with Crippen LogP contribution < -0.4 is 15.2 Å². The van der Waals surface area contributed by atoms with Crippen LogP contribution in [-0.4, -0.2) is 104 Å². The molecule has 0 saturated carbocycles. The molecule has 1 fully saturated rings. The number of carbonyl (C=O) groups excluding carboxylic acids is 2. The minimum absolute atomic E-state index is 0.00621. The summed E-state index contributed by atoms with van der Waals surface area (Å²) in [6.45, 7) is 3.36. The number of anilines is 1. The summed E-state index contributed by atoms with van der Waals surface area (Å²) in [5.41, 5.74) is 1.43. The standard InChI is InChI=1S/C30H31N11O8S4/c1-4-49-36-18(9-21-34-29(53-37-21)32-10-17(42)12-39-15(2)31-11-22(39)41(47)48)25(43)35-23-26(44)40-24(28(45)46)20(14-50-27(23)40)52-30-33-19(13-51-30)16-5-7-38(3)8-6-16/h5-8,11,13,17,23,27,42H,4,9-10,12,14H2,1-3H3,(H2-,32,34,35,37,43,45,46)/p+1/b36-18-/t17?,23-,27?/m0/s1. The van der Waals surface area contributed by atoms with E-state index in [2.05, 4.69) is 35.1 Å². The number of pyridine rings is 1. The maximum atomic E-state index is 13.4. The third-order valence-corrected chi connectivity index (χ3v) is 12.0. The minimum atomic E-state index is -1.26. The third kappa shape index (κ3) is 8.48. The number of hydrogen-bond donors (Lipinski definition) is 4. The van der Waals surface area contributed by atoms with Crippen LogP contribution in [0.2, 0.25) is 0 Å². The Kier molecular flexibility index (Phi) is 11.7. The topological polar surface area (TPSA) is 244 Å². The Balaban J connectivity index is 1.07. The number of aliphatic hydroxyl groups is 1. The summed E-state index contributed by atoms with van der Waals surface area (Å²) in [7, 11) is 1.92. The number of aryl methyl sites for hydroxylation is 2. The van der Waals surface area contributed by atoms with E-state index in [0.29, 0.717) is 20.2 Å². The number of carbonyl (C=O) groups is 3. The van der Waals surface area contributed by atoms with Crippen LogP contribution >= 0.6 is 46.4 Å². The number of imidazole rings is 1. The molecule has 6 heterocycles. The zero-order valence-corrected chi connectivity index (χ0v) is 31.5. The summed E-state index contributed by atoms with van der Waals surface area (Å²) < 4.78 is 8.09. The van der Waals surface area contributed by atoms with Crippen LogP contribution in [0.4, 0.5) is 10.9 Å². The van der Waals surface area contributed by atoms with Gasteiger partial charge in [0, 0.05) is 58.7 Å². The van der Waals surface area contributed by atoms with Crippen molar-refractivity contribution in [2.45, 2.75) is 48.7 Å². The van der Waals surface area contributed by atoms with E-state index in [1.807, 2.05) is 41.5 Å². The van der Waals surface area contributed by atoms with Crippen molar-refractivity contribution in [1.82, 2.24) is 34.1 Å². The van der Waals surface area contributed by atoms with Gasteiger partial charge in [-0.1, -0.05) is 16.9 Å². The number of carboxylic acid groups (broad SMARTS) is 1. The van der Waals surface area contributed by atoms with Crippen molar-refractivity contribution in [2.24, 2.45) is 12.2 Å². The third-order valence-electron chi connectivity index (χ3n) is 7.85. The molecule has 3 atom stereocenters. The first-order valence-electron chi connectivity index (χ1n) is 15.8. The molecule has 4 aromatic heterocycles. The number of thioether (sulfide) groups is 2. The Morgan fingerprint density at radius 1 is 1.30 bits per heavy atom. The summed E-state index contributed by atoms with van der Waals surface area (Å²) in [6.07, 6.45) is 3.76. The van der Waals surface area contributed by atoms with Gasteiger partial charge in [0.15, 0.2) is 34.1 Å². The minimum Gasteiger partial charge on any atom is -0.477 e. The number of aliphatic carboxylic acids is 1. The van der Waals surface area contributed by atoms with Gasteiger partial charge in [-0.3, -0.25) is 14.5 Å². The van der Waals surface area contributed by atoms with Crippen molar-refractivity contribution in [2.75, 3.05) is 24.2 Å². The predicted molar refractivity (Wildman–Crippen MR) is 195 cm³/mol. The number of carboxylic acids is 1. The van der Waals surface area contributed by atoms with Crippen LogP contribution in [0.25, 0.3) is 11.3 Å². The van der Waals surface area contributed by atoms with E-state index < -0.39 is 40.2 Å². The summed E-state index contributed by atoms with van der Waals surface area (Å²) in [4.78, 5) is 69.6. The van der Waals surface area contributed by atoms with Crippen molar-refractivity contribution < 1.29 is 38.9 Å². The van der Waals surface area contributed by atoms with Crippen molar-refractivity contribution in [1.29, 1.82) is 0 Å².